The van der Waals surface area contributed by atoms with Crippen LogP contribution in [-0.4, -0.2) is 5.11 Å². The highest BCUT2D eigenvalue weighted by molar-refractivity contribution is 5.34. The maximum absolute atomic E-state index is 12.8. The summed E-state index contributed by atoms with van der Waals surface area (Å²) in [5.74, 6) is -1.72. The van der Waals surface area contributed by atoms with Gasteiger partial charge >= 0.3 is 0 Å². The van der Waals surface area contributed by atoms with Crippen molar-refractivity contribution in [1.82, 2.24) is 0 Å². The zero-order valence-electron chi connectivity index (χ0n) is 7.64. The Labute approximate surface area is 76.0 Å². The molecule has 0 aliphatic heterocycles. The van der Waals surface area contributed by atoms with Crippen molar-refractivity contribution in [3.63, 3.8) is 0 Å². The molecule has 0 saturated heterocycles. The Bertz CT molecular complexity index is 308. The van der Waals surface area contributed by atoms with Crippen LogP contribution >= 0.6 is 0 Å². The number of benzene rings is 1. The lowest BCUT2D eigenvalue weighted by Gasteiger charge is -2.07. The predicted molar refractivity (Wildman–Crippen MR) is 46.6 cm³/mol. The van der Waals surface area contributed by atoms with Crippen LogP contribution in [0.2, 0.25) is 0 Å². The standard InChI is InChI=1S/C10H12F2O/c1-6(2)3-7-4-8(11)5-9(12)10(7)13/h4-6,13H,3H2,1-2H3. The van der Waals surface area contributed by atoms with Gasteiger partial charge in [-0.2, -0.15) is 0 Å². The van der Waals surface area contributed by atoms with Crippen LogP contribution in [-0.2, 0) is 6.42 Å². The summed E-state index contributed by atoms with van der Waals surface area (Å²) in [5.41, 5.74) is 0.326. The number of phenols is 1. The summed E-state index contributed by atoms with van der Waals surface area (Å²) in [6, 6.07) is 1.84. The molecule has 0 fully saturated rings. The number of phenolic OH excluding ortho intramolecular Hbond substituents is 1. The van der Waals surface area contributed by atoms with E-state index in [0.717, 1.165) is 0 Å². The lowest BCUT2D eigenvalue weighted by atomic mass is 10.0. The largest absolute Gasteiger partial charge is 0.505 e. The normalized spacial score (nSPS) is 10.8. The molecule has 72 valence electrons. The van der Waals surface area contributed by atoms with E-state index in [4.69, 9.17) is 0 Å². The summed E-state index contributed by atoms with van der Waals surface area (Å²) >= 11 is 0. The van der Waals surface area contributed by atoms with E-state index in [1.165, 1.54) is 6.07 Å². The van der Waals surface area contributed by atoms with E-state index < -0.39 is 17.4 Å². The number of hydrogen-bond donors (Lipinski definition) is 1. The van der Waals surface area contributed by atoms with Crippen molar-refractivity contribution in [2.75, 3.05) is 0 Å². The van der Waals surface area contributed by atoms with Crippen molar-refractivity contribution in [1.29, 1.82) is 0 Å². The van der Waals surface area contributed by atoms with E-state index in [0.29, 0.717) is 18.1 Å². The molecule has 0 aromatic heterocycles. The molecule has 0 saturated carbocycles. The molecule has 0 unspecified atom stereocenters. The van der Waals surface area contributed by atoms with E-state index in [1.54, 1.807) is 0 Å². The molecule has 0 spiro atoms. The summed E-state index contributed by atoms with van der Waals surface area (Å²) in [5, 5.41) is 9.23. The number of aromatic hydroxyl groups is 1. The molecule has 13 heavy (non-hydrogen) atoms. The van der Waals surface area contributed by atoms with Crippen LogP contribution in [0.1, 0.15) is 19.4 Å². The highest BCUT2D eigenvalue weighted by Crippen LogP contribution is 2.24. The highest BCUT2D eigenvalue weighted by atomic mass is 19.1. The molecule has 1 nitrogen and oxygen atoms in total. The first-order valence-electron chi connectivity index (χ1n) is 4.17. The Hall–Kier alpha value is -1.12. The smallest absolute Gasteiger partial charge is 0.168 e. The van der Waals surface area contributed by atoms with Gasteiger partial charge < -0.3 is 5.11 Å². The van der Waals surface area contributed by atoms with Crippen LogP contribution in [0.3, 0.4) is 0 Å². The van der Waals surface area contributed by atoms with Gasteiger partial charge in [0.15, 0.2) is 11.6 Å². The van der Waals surface area contributed by atoms with E-state index >= 15 is 0 Å². The lowest BCUT2D eigenvalue weighted by molar-refractivity contribution is 0.417. The van der Waals surface area contributed by atoms with E-state index in [2.05, 4.69) is 0 Å². The summed E-state index contributed by atoms with van der Waals surface area (Å²) in [7, 11) is 0. The molecule has 3 heteroatoms. The number of hydrogen-bond acceptors (Lipinski definition) is 1. The first-order chi connectivity index (χ1) is 6.00. The Morgan fingerprint density at radius 2 is 1.92 bits per heavy atom. The molecule has 0 aliphatic rings. The maximum atomic E-state index is 12.8. The van der Waals surface area contributed by atoms with Crippen LogP contribution in [0.25, 0.3) is 0 Å². The van der Waals surface area contributed by atoms with Gasteiger partial charge in [0.1, 0.15) is 5.82 Å². The zero-order chi connectivity index (χ0) is 10.0. The number of halogens is 2. The van der Waals surface area contributed by atoms with Crippen LogP contribution < -0.4 is 0 Å². The van der Waals surface area contributed by atoms with Gasteiger partial charge in [0.2, 0.25) is 0 Å². The van der Waals surface area contributed by atoms with Gasteiger partial charge in [-0.05, 0) is 18.4 Å². The van der Waals surface area contributed by atoms with Gasteiger partial charge in [-0.1, -0.05) is 13.8 Å². The molecule has 0 aliphatic carbocycles. The van der Waals surface area contributed by atoms with Crippen LogP contribution in [0.15, 0.2) is 12.1 Å². The minimum Gasteiger partial charge on any atom is -0.505 e. The third kappa shape index (κ3) is 2.41. The van der Waals surface area contributed by atoms with Crippen molar-refractivity contribution in [2.45, 2.75) is 20.3 Å². The molecule has 1 N–H and O–H groups in total. The molecular formula is C10H12F2O. The summed E-state index contributed by atoms with van der Waals surface area (Å²) < 4.78 is 25.5. The van der Waals surface area contributed by atoms with Crippen molar-refractivity contribution < 1.29 is 13.9 Å². The Morgan fingerprint density at radius 1 is 1.31 bits per heavy atom. The fourth-order valence-electron chi connectivity index (χ4n) is 1.21. The Kier molecular flexibility index (Phi) is 2.86. The second-order valence-corrected chi connectivity index (χ2v) is 3.49. The fraction of sp³-hybridized carbons (Fsp3) is 0.400. The van der Waals surface area contributed by atoms with Gasteiger partial charge in [-0.3, -0.25) is 0 Å². The fourth-order valence-corrected chi connectivity index (χ4v) is 1.21. The average molecular weight is 186 g/mol. The SMILES string of the molecule is CC(C)Cc1cc(F)cc(F)c1O. The molecule has 0 atom stereocenters. The van der Waals surface area contributed by atoms with Gasteiger partial charge in [0, 0.05) is 11.6 Å². The van der Waals surface area contributed by atoms with Gasteiger partial charge in [-0.15, -0.1) is 0 Å². The Morgan fingerprint density at radius 3 is 2.46 bits per heavy atom. The highest BCUT2D eigenvalue weighted by Gasteiger charge is 2.10. The molecule has 0 heterocycles. The summed E-state index contributed by atoms with van der Waals surface area (Å²) in [6.45, 7) is 3.84. The van der Waals surface area contributed by atoms with Crippen LogP contribution in [0.5, 0.6) is 5.75 Å². The molecule has 1 rings (SSSR count). The molecule has 1 aromatic carbocycles. The predicted octanol–water partition coefficient (Wildman–Crippen LogP) is 2.87. The van der Waals surface area contributed by atoms with Crippen LogP contribution in [0.4, 0.5) is 8.78 Å². The van der Waals surface area contributed by atoms with E-state index in [9.17, 15) is 13.9 Å². The summed E-state index contributed by atoms with van der Waals surface area (Å²) in [6.07, 6.45) is 0.473. The molecule has 0 bridgehead atoms. The molecular weight excluding hydrogens is 174 g/mol. The molecule has 1 aromatic rings. The quantitative estimate of drug-likeness (QED) is 0.752. The molecule has 0 radical (unpaired) electrons. The Balaban J connectivity index is 3.05. The number of rotatable bonds is 2. The van der Waals surface area contributed by atoms with Gasteiger partial charge in [-0.25, -0.2) is 8.78 Å². The monoisotopic (exact) mass is 186 g/mol. The van der Waals surface area contributed by atoms with Crippen LogP contribution in [0, 0.1) is 17.6 Å². The maximum Gasteiger partial charge on any atom is 0.168 e. The van der Waals surface area contributed by atoms with Crippen molar-refractivity contribution in [3.8, 4) is 5.75 Å². The van der Waals surface area contributed by atoms with Gasteiger partial charge in [0.25, 0.3) is 0 Å². The average Bonchev–Trinajstić information content (AvgIpc) is 1.98. The third-order valence-corrected chi connectivity index (χ3v) is 1.74. The lowest BCUT2D eigenvalue weighted by Crippen LogP contribution is -1.97. The summed E-state index contributed by atoms with van der Waals surface area (Å²) in [4.78, 5) is 0. The molecule has 0 amide bonds. The second-order valence-electron chi connectivity index (χ2n) is 3.49. The minimum atomic E-state index is -0.893. The van der Waals surface area contributed by atoms with Crippen molar-refractivity contribution >= 4 is 0 Å². The first kappa shape index (κ1) is 9.96. The third-order valence-electron chi connectivity index (χ3n) is 1.74. The van der Waals surface area contributed by atoms with E-state index in [-0.39, 0.29) is 5.92 Å². The topological polar surface area (TPSA) is 20.2 Å². The van der Waals surface area contributed by atoms with Crippen molar-refractivity contribution in [2.24, 2.45) is 5.92 Å². The van der Waals surface area contributed by atoms with Gasteiger partial charge in [0.05, 0.1) is 0 Å². The zero-order valence-corrected chi connectivity index (χ0v) is 7.64. The minimum absolute atomic E-state index is 0.257. The second kappa shape index (κ2) is 3.73. The first-order valence-corrected chi connectivity index (χ1v) is 4.17. The van der Waals surface area contributed by atoms with Crippen molar-refractivity contribution in [3.05, 3.63) is 29.3 Å². The van der Waals surface area contributed by atoms with E-state index in [1.807, 2.05) is 13.8 Å².